The Kier molecular flexibility index (Phi) is 6.54. The van der Waals surface area contributed by atoms with Crippen molar-refractivity contribution in [2.24, 2.45) is 11.0 Å². The van der Waals surface area contributed by atoms with Crippen LogP contribution in [0.2, 0.25) is 0 Å². The summed E-state index contributed by atoms with van der Waals surface area (Å²) in [5.74, 6) is 6.10. The fourth-order valence-electron chi connectivity index (χ4n) is 2.34. The molecule has 0 heterocycles. The Morgan fingerprint density at radius 1 is 1.12 bits per heavy atom. The van der Waals surface area contributed by atoms with Gasteiger partial charge in [0.25, 0.3) is 0 Å². The summed E-state index contributed by atoms with van der Waals surface area (Å²) in [5, 5.41) is 5.00. The summed E-state index contributed by atoms with van der Waals surface area (Å²) in [7, 11) is 0. The van der Waals surface area contributed by atoms with Gasteiger partial charge < -0.3 is 9.57 Å². The molecule has 0 bridgehead atoms. The van der Waals surface area contributed by atoms with Crippen LogP contribution in [-0.2, 0) is 27.6 Å². The number of rotatable bonds is 7. The van der Waals surface area contributed by atoms with Crippen LogP contribution >= 0.6 is 0 Å². The standard InChI is InChI=1S/C19H23N3O3/c1-14-7-4-5-9-17(14)11-24-16(3)21-25-12-18-15(2)8-6-10-19(18)22(20)13-23/h4-10,13H,11-12,20H2,1-3H3. The van der Waals surface area contributed by atoms with Crippen molar-refractivity contribution in [1.29, 1.82) is 0 Å². The average Bonchev–Trinajstić information content (AvgIpc) is 2.61. The molecule has 1 amide bonds. The molecular weight excluding hydrogens is 318 g/mol. The molecule has 0 aromatic heterocycles. The van der Waals surface area contributed by atoms with E-state index < -0.39 is 0 Å². The van der Waals surface area contributed by atoms with Crippen molar-refractivity contribution in [3.05, 3.63) is 64.7 Å². The van der Waals surface area contributed by atoms with Crippen LogP contribution in [0, 0.1) is 13.8 Å². The van der Waals surface area contributed by atoms with Crippen LogP contribution < -0.4 is 10.9 Å². The van der Waals surface area contributed by atoms with Crippen LogP contribution in [0.5, 0.6) is 0 Å². The van der Waals surface area contributed by atoms with E-state index >= 15 is 0 Å². The van der Waals surface area contributed by atoms with Gasteiger partial charge in [-0.1, -0.05) is 41.6 Å². The molecule has 2 aromatic carbocycles. The summed E-state index contributed by atoms with van der Waals surface area (Å²) < 4.78 is 5.61. The molecule has 2 rings (SSSR count). The zero-order chi connectivity index (χ0) is 18.2. The number of carbonyl (C=O) groups excluding carboxylic acids is 1. The quantitative estimate of drug-likeness (QED) is 0.209. The highest BCUT2D eigenvalue weighted by Gasteiger charge is 2.10. The smallest absolute Gasteiger partial charge is 0.228 e. The first-order valence-electron chi connectivity index (χ1n) is 7.94. The predicted octanol–water partition coefficient (Wildman–Crippen LogP) is 3.21. The van der Waals surface area contributed by atoms with E-state index in [-0.39, 0.29) is 6.61 Å². The first kappa shape index (κ1) is 18.5. The number of benzene rings is 2. The van der Waals surface area contributed by atoms with E-state index in [0.29, 0.717) is 24.6 Å². The molecule has 0 aliphatic carbocycles. The molecule has 0 fully saturated rings. The largest absolute Gasteiger partial charge is 0.474 e. The van der Waals surface area contributed by atoms with Gasteiger partial charge in [0, 0.05) is 12.5 Å². The van der Waals surface area contributed by atoms with Crippen LogP contribution in [0.3, 0.4) is 0 Å². The topological polar surface area (TPSA) is 77.1 Å². The first-order chi connectivity index (χ1) is 12.0. The Labute approximate surface area is 147 Å². The summed E-state index contributed by atoms with van der Waals surface area (Å²) in [5.41, 5.74) is 4.61. The number of hydrogen-bond acceptors (Lipinski definition) is 5. The van der Waals surface area contributed by atoms with E-state index in [0.717, 1.165) is 27.3 Å². The number of anilines is 1. The Balaban J connectivity index is 1.96. The van der Waals surface area contributed by atoms with Gasteiger partial charge in [-0.25, -0.2) is 5.84 Å². The normalized spacial score (nSPS) is 11.1. The molecule has 2 N–H and O–H groups in total. The Bertz CT molecular complexity index is 759. The third-order valence-corrected chi connectivity index (χ3v) is 3.88. The van der Waals surface area contributed by atoms with Crippen LogP contribution in [0.25, 0.3) is 0 Å². The molecule has 0 unspecified atom stereocenters. The van der Waals surface area contributed by atoms with Gasteiger partial charge in [0.2, 0.25) is 12.3 Å². The number of carbonyl (C=O) groups is 1. The van der Waals surface area contributed by atoms with Crippen molar-refractivity contribution >= 4 is 18.0 Å². The highest BCUT2D eigenvalue weighted by Crippen LogP contribution is 2.22. The number of oxime groups is 1. The van der Waals surface area contributed by atoms with Crippen LogP contribution in [0.4, 0.5) is 5.69 Å². The number of hydrazine groups is 1. The second-order valence-electron chi connectivity index (χ2n) is 5.68. The number of aryl methyl sites for hydroxylation is 2. The summed E-state index contributed by atoms with van der Waals surface area (Å²) in [4.78, 5) is 16.3. The van der Waals surface area contributed by atoms with Crippen LogP contribution in [-0.4, -0.2) is 12.3 Å². The molecule has 0 saturated carbocycles. The summed E-state index contributed by atoms with van der Waals surface area (Å²) in [6.45, 7) is 6.31. The molecule has 2 aromatic rings. The minimum Gasteiger partial charge on any atom is -0.474 e. The second kappa shape index (κ2) is 8.84. The number of amides is 1. The SMILES string of the molecule is CC(=NOCc1c(C)cccc1N(N)C=O)OCc1ccccc1C. The van der Waals surface area contributed by atoms with Gasteiger partial charge in [-0.05, 0) is 36.6 Å². The van der Waals surface area contributed by atoms with Gasteiger partial charge >= 0.3 is 0 Å². The lowest BCUT2D eigenvalue weighted by atomic mass is 10.1. The lowest BCUT2D eigenvalue weighted by Crippen LogP contribution is -2.30. The van der Waals surface area contributed by atoms with Crippen molar-refractivity contribution in [2.75, 3.05) is 5.01 Å². The average molecular weight is 341 g/mol. The van der Waals surface area contributed by atoms with Gasteiger partial charge in [-0.15, -0.1) is 0 Å². The number of ether oxygens (including phenoxy) is 1. The maximum absolute atomic E-state index is 10.9. The first-order valence-corrected chi connectivity index (χ1v) is 7.94. The molecule has 0 aliphatic rings. The Morgan fingerprint density at radius 3 is 2.56 bits per heavy atom. The minimum absolute atomic E-state index is 0.189. The Hall–Kier alpha value is -2.86. The summed E-state index contributed by atoms with van der Waals surface area (Å²) in [6.07, 6.45) is 0.554. The predicted molar refractivity (Wildman–Crippen MR) is 97.8 cm³/mol. The van der Waals surface area contributed by atoms with E-state index in [4.69, 9.17) is 15.4 Å². The third kappa shape index (κ3) is 5.06. The van der Waals surface area contributed by atoms with Crippen molar-refractivity contribution < 1.29 is 14.4 Å². The Morgan fingerprint density at radius 2 is 1.84 bits per heavy atom. The van der Waals surface area contributed by atoms with E-state index in [1.54, 1.807) is 13.0 Å². The van der Waals surface area contributed by atoms with Gasteiger partial charge in [0.1, 0.15) is 13.2 Å². The molecule has 0 atom stereocenters. The molecule has 132 valence electrons. The van der Waals surface area contributed by atoms with Gasteiger partial charge in [0.05, 0.1) is 5.69 Å². The van der Waals surface area contributed by atoms with E-state index in [1.807, 2.05) is 50.2 Å². The third-order valence-electron chi connectivity index (χ3n) is 3.88. The van der Waals surface area contributed by atoms with Gasteiger partial charge in [0.15, 0.2) is 0 Å². The van der Waals surface area contributed by atoms with Gasteiger partial charge in [-0.2, -0.15) is 0 Å². The highest BCUT2D eigenvalue weighted by atomic mass is 16.6. The molecular formula is C19H23N3O3. The molecule has 25 heavy (non-hydrogen) atoms. The fourth-order valence-corrected chi connectivity index (χ4v) is 2.34. The van der Waals surface area contributed by atoms with Gasteiger partial charge in [-0.3, -0.25) is 9.80 Å². The molecule has 0 spiro atoms. The van der Waals surface area contributed by atoms with Crippen LogP contribution in [0.1, 0.15) is 29.2 Å². The van der Waals surface area contributed by atoms with E-state index in [1.165, 1.54) is 0 Å². The lowest BCUT2D eigenvalue weighted by Gasteiger charge is -2.16. The summed E-state index contributed by atoms with van der Waals surface area (Å²) in [6, 6.07) is 13.5. The zero-order valence-corrected chi connectivity index (χ0v) is 14.7. The number of hydrogen-bond donors (Lipinski definition) is 1. The van der Waals surface area contributed by atoms with Crippen molar-refractivity contribution in [3.8, 4) is 0 Å². The van der Waals surface area contributed by atoms with E-state index in [9.17, 15) is 4.79 Å². The number of nitrogens with zero attached hydrogens (tertiary/aromatic N) is 2. The summed E-state index contributed by atoms with van der Waals surface area (Å²) >= 11 is 0. The monoisotopic (exact) mass is 341 g/mol. The highest BCUT2D eigenvalue weighted by molar-refractivity contribution is 5.76. The zero-order valence-electron chi connectivity index (χ0n) is 14.7. The van der Waals surface area contributed by atoms with Crippen molar-refractivity contribution in [3.63, 3.8) is 0 Å². The van der Waals surface area contributed by atoms with Crippen LogP contribution in [0.15, 0.2) is 47.6 Å². The number of nitrogens with two attached hydrogens (primary N) is 1. The van der Waals surface area contributed by atoms with Crippen molar-refractivity contribution in [1.82, 2.24) is 0 Å². The lowest BCUT2D eigenvalue weighted by molar-refractivity contribution is -0.107. The molecule has 6 heteroatoms. The molecule has 0 aliphatic heterocycles. The maximum atomic E-state index is 10.9. The van der Waals surface area contributed by atoms with Crippen molar-refractivity contribution in [2.45, 2.75) is 34.0 Å². The van der Waals surface area contributed by atoms with E-state index in [2.05, 4.69) is 5.16 Å². The fraction of sp³-hybridized carbons (Fsp3) is 0.263. The maximum Gasteiger partial charge on any atom is 0.228 e. The minimum atomic E-state index is 0.189. The second-order valence-corrected chi connectivity index (χ2v) is 5.68. The molecule has 0 radical (unpaired) electrons. The molecule has 6 nitrogen and oxygen atoms in total. The molecule has 0 saturated heterocycles.